The van der Waals surface area contributed by atoms with E-state index in [1.807, 2.05) is 0 Å². The number of nitrogens with one attached hydrogen (secondary N) is 2. The Morgan fingerprint density at radius 3 is 2.53 bits per heavy atom. The highest BCUT2D eigenvalue weighted by molar-refractivity contribution is 6.04. The van der Waals surface area contributed by atoms with Crippen molar-refractivity contribution in [1.29, 1.82) is 0 Å². The number of hydrogen-bond acceptors (Lipinski definition) is 4. The zero-order chi connectivity index (χ0) is 25.2. The van der Waals surface area contributed by atoms with E-state index in [2.05, 4.69) is 20.3 Å². The smallest absolute Gasteiger partial charge is 0.281 e. The first-order valence-corrected chi connectivity index (χ1v) is 10.5. The van der Waals surface area contributed by atoms with Gasteiger partial charge in [0.05, 0.1) is 11.3 Å². The van der Waals surface area contributed by atoms with Crippen molar-refractivity contribution in [3.63, 3.8) is 0 Å². The molecule has 34 heavy (non-hydrogen) atoms. The number of imidazole rings is 1. The third-order valence-corrected chi connectivity index (χ3v) is 5.23. The number of Topliss-reactive ketones (excluding diaryl/α,β-unsaturated/α-hetero) is 1. The van der Waals surface area contributed by atoms with Crippen molar-refractivity contribution in [2.24, 2.45) is 5.41 Å². The van der Waals surface area contributed by atoms with Crippen LogP contribution in [0.5, 0.6) is 0 Å². The Hall–Kier alpha value is -3.56. The summed E-state index contributed by atoms with van der Waals surface area (Å²) in [6.07, 6.45) is -1.40. The normalized spacial score (nSPS) is 11.7. The number of benzene rings is 1. The van der Waals surface area contributed by atoms with Gasteiger partial charge < -0.3 is 4.98 Å². The molecule has 0 spiro atoms. The number of aryl methyl sites for hydroxylation is 2. The minimum atomic E-state index is -3.01. The van der Waals surface area contributed by atoms with Crippen LogP contribution in [0.2, 0.25) is 0 Å². The molecule has 0 aliphatic carbocycles. The first kappa shape index (κ1) is 25.1. The SMILES string of the molecule is Cc1[nH]c(NC(=O)c2cc(CCC(=O)C(C)(C)C)cnc2C(F)F)nc1-c1cccc(F)c1F. The predicted octanol–water partition coefficient (Wildman–Crippen LogP) is 5.80. The van der Waals surface area contributed by atoms with Gasteiger partial charge in [-0.15, -0.1) is 0 Å². The molecule has 3 rings (SSSR count). The van der Waals surface area contributed by atoms with E-state index in [-0.39, 0.29) is 41.4 Å². The average Bonchev–Trinajstić information content (AvgIpc) is 3.12. The van der Waals surface area contributed by atoms with Gasteiger partial charge in [-0.1, -0.05) is 26.8 Å². The molecule has 1 aromatic carbocycles. The number of carbonyl (C=O) groups excluding carboxylic acids is 2. The lowest BCUT2D eigenvalue weighted by Gasteiger charge is -2.16. The fourth-order valence-electron chi connectivity index (χ4n) is 3.29. The third kappa shape index (κ3) is 5.49. The Kier molecular flexibility index (Phi) is 7.18. The van der Waals surface area contributed by atoms with Crippen molar-refractivity contribution in [2.75, 3.05) is 5.32 Å². The minimum absolute atomic E-state index is 0.0143. The molecule has 0 saturated heterocycles. The lowest BCUT2D eigenvalue weighted by molar-refractivity contribution is -0.126. The third-order valence-electron chi connectivity index (χ3n) is 5.23. The monoisotopic (exact) mass is 476 g/mol. The molecule has 0 atom stereocenters. The number of anilines is 1. The number of aromatic amines is 1. The highest BCUT2D eigenvalue weighted by Crippen LogP contribution is 2.28. The van der Waals surface area contributed by atoms with Crippen LogP contribution in [0.15, 0.2) is 30.5 Å². The van der Waals surface area contributed by atoms with Gasteiger partial charge in [0.2, 0.25) is 5.95 Å². The van der Waals surface area contributed by atoms with Gasteiger partial charge in [0, 0.05) is 29.3 Å². The second-order valence-electron chi connectivity index (χ2n) is 8.86. The highest BCUT2D eigenvalue weighted by atomic mass is 19.3. The molecule has 3 aromatic rings. The van der Waals surface area contributed by atoms with E-state index in [1.165, 1.54) is 24.4 Å². The van der Waals surface area contributed by atoms with Crippen LogP contribution >= 0.6 is 0 Å². The molecule has 0 fully saturated rings. The largest absolute Gasteiger partial charge is 0.328 e. The number of alkyl halides is 2. The molecule has 0 unspecified atom stereocenters. The van der Waals surface area contributed by atoms with Crippen molar-refractivity contribution in [3.8, 4) is 11.3 Å². The van der Waals surface area contributed by atoms with Crippen molar-refractivity contribution in [2.45, 2.75) is 47.0 Å². The summed E-state index contributed by atoms with van der Waals surface area (Å²) in [7, 11) is 0. The first-order chi connectivity index (χ1) is 15.9. The van der Waals surface area contributed by atoms with Crippen LogP contribution in [0.1, 0.15) is 60.9 Å². The fraction of sp³-hybridized carbons (Fsp3) is 0.333. The maximum atomic E-state index is 14.2. The zero-order valence-corrected chi connectivity index (χ0v) is 19.1. The molecular weight excluding hydrogens is 452 g/mol. The summed E-state index contributed by atoms with van der Waals surface area (Å²) in [4.78, 5) is 35.5. The Balaban J connectivity index is 1.86. The first-order valence-electron chi connectivity index (χ1n) is 10.5. The molecule has 0 saturated carbocycles. The highest BCUT2D eigenvalue weighted by Gasteiger charge is 2.24. The van der Waals surface area contributed by atoms with E-state index in [9.17, 15) is 27.2 Å². The van der Waals surface area contributed by atoms with Gasteiger partial charge in [-0.25, -0.2) is 22.5 Å². The molecule has 2 N–H and O–H groups in total. The minimum Gasteiger partial charge on any atom is -0.328 e. The van der Waals surface area contributed by atoms with Crippen molar-refractivity contribution >= 4 is 17.6 Å². The van der Waals surface area contributed by atoms with Crippen LogP contribution in [0, 0.1) is 24.0 Å². The van der Waals surface area contributed by atoms with Gasteiger partial charge in [0.15, 0.2) is 11.6 Å². The number of aromatic nitrogens is 3. The van der Waals surface area contributed by atoms with E-state index in [0.29, 0.717) is 11.3 Å². The maximum absolute atomic E-state index is 14.2. The zero-order valence-electron chi connectivity index (χ0n) is 19.1. The number of carbonyl (C=O) groups is 2. The van der Waals surface area contributed by atoms with Gasteiger partial charge in [0.25, 0.3) is 12.3 Å². The number of amides is 1. The predicted molar refractivity (Wildman–Crippen MR) is 119 cm³/mol. The van der Waals surface area contributed by atoms with E-state index in [1.54, 1.807) is 27.7 Å². The summed E-state index contributed by atoms with van der Waals surface area (Å²) >= 11 is 0. The van der Waals surface area contributed by atoms with Gasteiger partial charge in [0.1, 0.15) is 11.5 Å². The fourth-order valence-corrected chi connectivity index (χ4v) is 3.29. The van der Waals surface area contributed by atoms with E-state index >= 15 is 0 Å². The molecule has 180 valence electrons. The van der Waals surface area contributed by atoms with E-state index in [4.69, 9.17) is 0 Å². The van der Waals surface area contributed by atoms with Gasteiger partial charge in [-0.3, -0.25) is 19.9 Å². The van der Waals surface area contributed by atoms with Crippen molar-refractivity contribution in [1.82, 2.24) is 15.0 Å². The molecule has 2 heterocycles. The molecule has 2 aromatic heterocycles. The van der Waals surface area contributed by atoms with Crippen LogP contribution in [0.3, 0.4) is 0 Å². The van der Waals surface area contributed by atoms with Gasteiger partial charge in [-0.05, 0) is 37.1 Å². The molecule has 6 nitrogen and oxygen atoms in total. The lowest BCUT2D eigenvalue weighted by atomic mass is 9.87. The van der Waals surface area contributed by atoms with Crippen LogP contribution in [0.25, 0.3) is 11.3 Å². The summed E-state index contributed by atoms with van der Waals surface area (Å²) < 4.78 is 54.8. The lowest BCUT2D eigenvalue weighted by Crippen LogP contribution is -2.21. The number of nitrogens with zero attached hydrogens (tertiary/aromatic N) is 2. The molecule has 0 radical (unpaired) electrons. The van der Waals surface area contributed by atoms with Crippen LogP contribution in [-0.4, -0.2) is 26.6 Å². The molecule has 0 aliphatic heterocycles. The number of pyridine rings is 1. The Labute approximate surface area is 193 Å². The Morgan fingerprint density at radius 2 is 1.88 bits per heavy atom. The topological polar surface area (TPSA) is 87.7 Å². The Bertz CT molecular complexity index is 1230. The summed E-state index contributed by atoms with van der Waals surface area (Å²) in [5, 5.41) is 2.37. The van der Waals surface area contributed by atoms with Crippen molar-refractivity contribution in [3.05, 3.63) is 64.6 Å². The Morgan fingerprint density at radius 1 is 1.18 bits per heavy atom. The van der Waals surface area contributed by atoms with Crippen LogP contribution in [-0.2, 0) is 11.2 Å². The quantitative estimate of drug-likeness (QED) is 0.422. The molecule has 0 aliphatic rings. The second kappa shape index (κ2) is 9.74. The van der Waals surface area contributed by atoms with Crippen molar-refractivity contribution < 1.29 is 27.2 Å². The second-order valence-corrected chi connectivity index (χ2v) is 8.86. The standard InChI is InChI=1S/C24H24F4N4O2/c1-12-19(14-6-5-7-16(25)18(14)26)31-23(30-12)32-22(34)15-10-13(11-29-20(15)21(27)28)8-9-17(33)24(2,3)4/h5-7,10-11,21H,8-9H2,1-4H3,(H2,30,31,32,34). The molecule has 0 bridgehead atoms. The summed E-state index contributed by atoms with van der Waals surface area (Å²) in [5.41, 5.74) is -0.909. The summed E-state index contributed by atoms with van der Waals surface area (Å²) in [5.74, 6) is -3.21. The number of rotatable bonds is 7. The molecular formula is C24H24F4N4O2. The van der Waals surface area contributed by atoms with E-state index in [0.717, 1.165) is 6.07 Å². The number of hydrogen-bond donors (Lipinski definition) is 2. The number of halogens is 4. The maximum Gasteiger partial charge on any atom is 0.281 e. The van der Waals surface area contributed by atoms with Crippen LogP contribution in [0.4, 0.5) is 23.5 Å². The number of ketones is 1. The van der Waals surface area contributed by atoms with Gasteiger partial charge >= 0.3 is 0 Å². The van der Waals surface area contributed by atoms with Gasteiger partial charge in [-0.2, -0.15) is 0 Å². The summed E-state index contributed by atoms with van der Waals surface area (Å²) in [6, 6.07) is 4.87. The van der Waals surface area contributed by atoms with E-state index < -0.39 is 35.1 Å². The van der Waals surface area contributed by atoms with Crippen LogP contribution < -0.4 is 5.32 Å². The summed E-state index contributed by atoms with van der Waals surface area (Å²) in [6.45, 7) is 6.88. The molecule has 1 amide bonds. The molecule has 10 heteroatoms. The number of H-pyrrole nitrogens is 1. The average molecular weight is 476 g/mol.